The first-order chi connectivity index (χ1) is 8.21. The van der Waals surface area contributed by atoms with Crippen molar-refractivity contribution in [1.29, 1.82) is 0 Å². The lowest BCUT2D eigenvalue weighted by atomic mass is 9.79. The van der Waals surface area contributed by atoms with Gasteiger partial charge in [-0.2, -0.15) is 0 Å². The zero-order valence-electron chi connectivity index (χ0n) is 10.6. The number of aliphatic hydroxyl groups excluding tert-OH is 2. The molecule has 96 valence electrons. The Hall–Kier alpha value is -1.06. The molecule has 3 nitrogen and oxygen atoms in total. The normalized spacial score (nSPS) is 11.5. The van der Waals surface area contributed by atoms with Crippen LogP contribution in [0.1, 0.15) is 25.3 Å². The van der Waals surface area contributed by atoms with Crippen LogP contribution in [0.5, 0.6) is 5.75 Å². The summed E-state index contributed by atoms with van der Waals surface area (Å²) < 4.78 is 5.30. The lowest BCUT2D eigenvalue weighted by molar-refractivity contribution is 0.0462. The molecule has 0 spiro atoms. The van der Waals surface area contributed by atoms with Gasteiger partial charge in [0.2, 0.25) is 0 Å². The molecule has 0 saturated heterocycles. The van der Waals surface area contributed by atoms with Crippen LogP contribution in [-0.4, -0.2) is 30.5 Å². The van der Waals surface area contributed by atoms with E-state index >= 15 is 0 Å². The van der Waals surface area contributed by atoms with E-state index in [2.05, 4.69) is 6.92 Å². The van der Waals surface area contributed by atoms with E-state index in [1.807, 2.05) is 24.3 Å². The van der Waals surface area contributed by atoms with E-state index in [4.69, 9.17) is 4.74 Å². The summed E-state index contributed by atoms with van der Waals surface area (Å²) in [6.45, 7) is 2.05. The highest BCUT2D eigenvalue weighted by Gasteiger charge is 2.29. The summed E-state index contributed by atoms with van der Waals surface area (Å²) in [4.78, 5) is 0. The van der Waals surface area contributed by atoms with E-state index in [1.54, 1.807) is 7.11 Å². The standard InChI is InChI=1S/C14H22O3/c1-3-8-14(10-15,11-16)9-12-6-4-5-7-13(12)17-2/h4-7,15-16H,3,8-11H2,1-2H3. The summed E-state index contributed by atoms with van der Waals surface area (Å²) in [6.07, 6.45) is 2.38. The number of ether oxygens (including phenoxy) is 1. The summed E-state index contributed by atoms with van der Waals surface area (Å²) in [5, 5.41) is 19.1. The van der Waals surface area contributed by atoms with Gasteiger partial charge in [-0.05, 0) is 24.5 Å². The van der Waals surface area contributed by atoms with E-state index in [0.29, 0.717) is 6.42 Å². The lowest BCUT2D eigenvalue weighted by Crippen LogP contribution is -2.32. The molecule has 0 aliphatic rings. The molecule has 1 aromatic carbocycles. The lowest BCUT2D eigenvalue weighted by Gasteiger charge is -2.30. The van der Waals surface area contributed by atoms with Crippen molar-refractivity contribution in [3.05, 3.63) is 29.8 Å². The van der Waals surface area contributed by atoms with Gasteiger partial charge in [0.05, 0.1) is 20.3 Å². The van der Waals surface area contributed by atoms with E-state index in [0.717, 1.165) is 24.2 Å². The molecule has 1 aromatic rings. The minimum absolute atomic E-state index is 0.00457. The van der Waals surface area contributed by atoms with E-state index < -0.39 is 5.41 Å². The Balaban J connectivity index is 2.92. The van der Waals surface area contributed by atoms with E-state index in [9.17, 15) is 10.2 Å². The highest BCUT2D eigenvalue weighted by molar-refractivity contribution is 5.34. The van der Waals surface area contributed by atoms with Gasteiger partial charge in [0.1, 0.15) is 5.75 Å². The maximum Gasteiger partial charge on any atom is 0.122 e. The maximum absolute atomic E-state index is 9.53. The largest absolute Gasteiger partial charge is 0.496 e. The fraction of sp³-hybridized carbons (Fsp3) is 0.571. The van der Waals surface area contributed by atoms with Gasteiger partial charge in [-0.15, -0.1) is 0 Å². The fourth-order valence-corrected chi connectivity index (χ4v) is 2.19. The van der Waals surface area contributed by atoms with Crippen molar-refractivity contribution in [3.63, 3.8) is 0 Å². The van der Waals surface area contributed by atoms with Crippen molar-refractivity contribution in [1.82, 2.24) is 0 Å². The average molecular weight is 238 g/mol. The van der Waals surface area contributed by atoms with E-state index in [1.165, 1.54) is 0 Å². The molecule has 0 aliphatic carbocycles. The van der Waals surface area contributed by atoms with Crippen molar-refractivity contribution >= 4 is 0 Å². The molecule has 2 N–H and O–H groups in total. The monoisotopic (exact) mass is 238 g/mol. The molecular weight excluding hydrogens is 216 g/mol. The van der Waals surface area contributed by atoms with Gasteiger partial charge in [-0.25, -0.2) is 0 Å². The Kier molecular flexibility index (Phi) is 5.45. The zero-order chi connectivity index (χ0) is 12.7. The summed E-state index contributed by atoms with van der Waals surface area (Å²) >= 11 is 0. The van der Waals surface area contributed by atoms with Gasteiger partial charge in [-0.1, -0.05) is 31.5 Å². The smallest absolute Gasteiger partial charge is 0.122 e. The Bertz CT molecular complexity index is 332. The molecule has 0 aromatic heterocycles. The number of methoxy groups -OCH3 is 1. The predicted octanol–water partition coefficient (Wildman–Crippen LogP) is 2.01. The van der Waals surface area contributed by atoms with Crippen LogP contribution < -0.4 is 4.74 Å². The Labute approximate surface area is 103 Å². The van der Waals surface area contributed by atoms with Gasteiger partial charge in [-0.3, -0.25) is 0 Å². The summed E-state index contributed by atoms with van der Waals surface area (Å²) in [5.74, 6) is 0.815. The third-order valence-electron chi connectivity index (χ3n) is 3.21. The minimum Gasteiger partial charge on any atom is -0.496 e. The quantitative estimate of drug-likeness (QED) is 0.764. The van der Waals surface area contributed by atoms with E-state index in [-0.39, 0.29) is 13.2 Å². The molecule has 0 unspecified atom stereocenters. The van der Waals surface area contributed by atoms with Gasteiger partial charge in [0, 0.05) is 5.41 Å². The van der Waals surface area contributed by atoms with Crippen LogP contribution in [0, 0.1) is 5.41 Å². The van der Waals surface area contributed by atoms with Gasteiger partial charge < -0.3 is 14.9 Å². The highest BCUT2D eigenvalue weighted by Crippen LogP contribution is 2.31. The molecule has 0 amide bonds. The molecule has 0 fully saturated rings. The molecule has 0 heterocycles. The van der Waals surface area contributed by atoms with Gasteiger partial charge in [0.25, 0.3) is 0 Å². The first kappa shape index (κ1) is 14.0. The molecule has 1 rings (SSSR count). The number of para-hydroxylation sites is 1. The second-order valence-corrected chi connectivity index (χ2v) is 4.55. The van der Waals surface area contributed by atoms with Crippen LogP contribution in [0.3, 0.4) is 0 Å². The van der Waals surface area contributed by atoms with Crippen LogP contribution in [0.15, 0.2) is 24.3 Å². The Morgan fingerprint density at radius 2 is 1.82 bits per heavy atom. The van der Waals surface area contributed by atoms with Crippen molar-refractivity contribution in [2.75, 3.05) is 20.3 Å². The molecule has 0 radical (unpaired) electrons. The topological polar surface area (TPSA) is 49.7 Å². The maximum atomic E-state index is 9.53. The number of hydrogen-bond donors (Lipinski definition) is 2. The van der Waals surface area contributed by atoms with Crippen LogP contribution in [0.4, 0.5) is 0 Å². The van der Waals surface area contributed by atoms with Crippen molar-refractivity contribution in [2.45, 2.75) is 26.2 Å². The second-order valence-electron chi connectivity index (χ2n) is 4.55. The number of benzene rings is 1. The average Bonchev–Trinajstić information content (AvgIpc) is 2.38. The number of rotatable bonds is 7. The van der Waals surface area contributed by atoms with Gasteiger partial charge in [0.15, 0.2) is 0 Å². The number of hydrogen-bond acceptors (Lipinski definition) is 3. The van der Waals surface area contributed by atoms with Crippen LogP contribution >= 0.6 is 0 Å². The first-order valence-corrected chi connectivity index (χ1v) is 6.05. The Morgan fingerprint density at radius 3 is 2.35 bits per heavy atom. The van der Waals surface area contributed by atoms with Crippen LogP contribution in [0.2, 0.25) is 0 Å². The molecule has 3 heteroatoms. The summed E-state index contributed by atoms with van der Waals surface area (Å²) in [6, 6.07) is 7.75. The van der Waals surface area contributed by atoms with Crippen molar-refractivity contribution in [2.24, 2.45) is 5.41 Å². The summed E-state index contributed by atoms with van der Waals surface area (Å²) in [7, 11) is 1.64. The Morgan fingerprint density at radius 1 is 1.18 bits per heavy atom. The molecule has 17 heavy (non-hydrogen) atoms. The molecule has 0 saturated carbocycles. The first-order valence-electron chi connectivity index (χ1n) is 6.05. The zero-order valence-corrected chi connectivity index (χ0v) is 10.6. The third kappa shape index (κ3) is 3.45. The van der Waals surface area contributed by atoms with Gasteiger partial charge >= 0.3 is 0 Å². The molecular formula is C14H22O3. The number of aliphatic hydroxyl groups is 2. The molecule has 0 bridgehead atoms. The minimum atomic E-state index is -0.441. The molecule has 0 aliphatic heterocycles. The third-order valence-corrected chi connectivity index (χ3v) is 3.21. The SMILES string of the molecule is CCCC(CO)(CO)Cc1ccccc1OC. The molecule has 0 atom stereocenters. The van der Waals surface area contributed by atoms with Crippen molar-refractivity contribution < 1.29 is 14.9 Å². The van der Waals surface area contributed by atoms with Crippen molar-refractivity contribution in [3.8, 4) is 5.75 Å². The van der Waals surface area contributed by atoms with Crippen LogP contribution in [0.25, 0.3) is 0 Å². The fourth-order valence-electron chi connectivity index (χ4n) is 2.19. The highest BCUT2D eigenvalue weighted by atomic mass is 16.5. The van der Waals surface area contributed by atoms with Crippen LogP contribution in [-0.2, 0) is 6.42 Å². The second kappa shape index (κ2) is 6.62. The summed E-state index contributed by atoms with van der Waals surface area (Å²) in [5.41, 5.74) is 0.593. The predicted molar refractivity (Wildman–Crippen MR) is 68.2 cm³/mol.